The van der Waals surface area contributed by atoms with E-state index in [1.165, 1.54) is 12.8 Å². The first-order valence-corrected chi connectivity index (χ1v) is 7.83. The molecule has 2 rings (SSSR count). The number of ether oxygens (including phenoxy) is 1. The highest BCUT2D eigenvalue weighted by Gasteiger charge is 2.26. The van der Waals surface area contributed by atoms with Crippen LogP contribution in [0.3, 0.4) is 0 Å². The summed E-state index contributed by atoms with van der Waals surface area (Å²) in [6, 6.07) is 10.7. The van der Waals surface area contributed by atoms with Crippen molar-refractivity contribution < 1.29 is 9.84 Å². The van der Waals surface area contributed by atoms with Gasteiger partial charge in [-0.3, -0.25) is 4.90 Å². The van der Waals surface area contributed by atoms with Gasteiger partial charge in [-0.25, -0.2) is 0 Å². The molecule has 0 bridgehead atoms. The van der Waals surface area contributed by atoms with E-state index in [1.807, 2.05) is 30.3 Å². The third-order valence-corrected chi connectivity index (χ3v) is 3.94. The van der Waals surface area contributed by atoms with Crippen LogP contribution in [0.15, 0.2) is 30.3 Å². The molecule has 1 fully saturated rings. The fourth-order valence-corrected chi connectivity index (χ4v) is 2.97. The van der Waals surface area contributed by atoms with Gasteiger partial charge in [-0.2, -0.15) is 0 Å². The molecule has 21 heavy (non-hydrogen) atoms. The lowest BCUT2D eigenvalue weighted by Crippen LogP contribution is -2.42. The second kappa shape index (κ2) is 8.49. The van der Waals surface area contributed by atoms with Crippen LogP contribution in [0.2, 0.25) is 0 Å². The minimum atomic E-state index is -0.406. The molecule has 118 valence electrons. The van der Waals surface area contributed by atoms with Crippen LogP contribution in [-0.2, 0) is 11.3 Å². The first kappa shape index (κ1) is 16.4. The molecule has 4 nitrogen and oxygen atoms in total. The highest BCUT2D eigenvalue weighted by molar-refractivity contribution is 5.13. The van der Waals surface area contributed by atoms with Crippen molar-refractivity contribution in [1.82, 2.24) is 9.80 Å². The molecule has 1 aliphatic rings. The Labute approximate surface area is 128 Å². The smallest absolute Gasteiger partial charge is 0.0900 e. The Bertz CT molecular complexity index is 397. The third kappa shape index (κ3) is 5.75. The van der Waals surface area contributed by atoms with Crippen molar-refractivity contribution in [2.45, 2.75) is 31.6 Å². The zero-order chi connectivity index (χ0) is 15.1. The van der Waals surface area contributed by atoms with Gasteiger partial charge >= 0.3 is 0 Å². The SMILES string of the molecule is CN(C)CC1CCCN1CC(O)COCc1ccccc1. The summed E-state index contributed by atoms with van der Waals surface area (Å²) in [5.41, 5.74) is 1.15. The van der Waals surface area contributed by atoms with Gasteiger partial charge in [0.25, 0.3) is 0 Å². The second-order valence-corrected chi connectivity index (χ2v) is 6.21. The second-order valence-electron chi connectivity index (χ2n) is 6.21. The molecular formula is C17H28N2O2. The van der Waals surface area contributed by atoms with Crippen LogP contribution in [0.25, 0.3) is 0 Å². The fourth-order valence-electron chi connectivity index (χ4n) is 2.97. The van der Waals surface area contributed by atoms with Gasteiger partial charge in [0.15, 0.2) is 0 Å². The van der Waals surface area contributed by atoms with Gasteiger partial charge in [-0.1, -0.05) is 30.3 Å². The van der Waals surface area contributed by atoms with Crippen molar-refractivity contribution in [3.63, 3.8) is 0 Å². The highest BCUT2D eigenvalue weighted by atomic mass is 16.5. The van der Waals surface area contributed by atoms with Crippen molar-refractivity contribution in [2.24, 2.45) is 0 Å². The molecule has 1 saturated heterocycles. The Hall–Kier alpha value is -0.940. The summed E-state index contributed by atoms with van der Waals surface area (Å²) in [5, 5.41) is 10.2. The van der Waals surface area contributed by atoms with E-state index in [4.69, 9.17) is 4.74 Å². The van der Waals surface area contributed by atoms with Gasteiger partial charge in [0.2, 0.25) is 0 Å². The standard InChI is InChI=1S/C17H28N2O2/c1-18(2)11-16-9-6-10-19(16)12-17(20)14-21-13-15-7-4-3-5-8-15/h3-5,7-8,16-17,20H,6,9-14H2,1-2H3. The number of likely N-dealkylation sites (tertiary alicyclic amines) is 1. The lowest BCUT2D eigenvalue weighted by Gasteiger charge is -2.28. The predicted molar refractivity (Wildman–Crippen MR) is 85.3 cm³/mol. The molecular weight excluding hydrogens is 264 g/mol. The molecule has 1 aromatic carbocycles. The quantitative estimate of drug-likeness (QED) is 0.789. The van der Waals surface area contributed by atoms with Crippen molar-refractivity contribution >= 4 is 0 Å². The van der Waals surface area contributed by atoms with Gasteiger partial charge in [0.1, 0.15) is 0 Å². The van der Waals surface area contributed by atoms with E-state index in [0.717, 1.165) is 18.7 Å². The first-order chi connectivity index (χ1) is 10.1. The van der Waals surface area contributed by atoms with Crippen molar-refractivity contribution in [3.8, 4) is 0 Å². The molecule has 0 aromatic heterocycles. The summed E-state index contributed by atoms with van der Waals surface area (Å²) >= 11 is 0. The van der Waals surface area contributed by atoms with E-state index in [1.54, 1.807) is 0 Å². The molecule has 0 amide bonds. The van der Waals surface area contributed by atoms with E-state index in [-0.39, 0.29) is 0 Å². The number of β-amino-alcohol motifs (C(OH)–C–C–N with tert-alkyl or cyclic N) is 1. The van der Waals surface area contributed by atoms with Crippen LogP contribution in [0.4, 0.5) is 0 Å². The summed E-state index contributed by atoms with van der Waals surface area (Å²) < 4.78 is 5.62. The maximum atomic E-state index is 10.2. The maximum absolute atomic E-state index is 10.2. The average Bonchev–Trinajstić information content (AvgIpc) is 2.86. The van der Waals surface area contributed by atoms with Gasteiger partial charge in [0, 0.05) is 19.1 Å². The normalized spacial score (nSPS) is 21.0. The zero-order valence-corrected chi connectivity index (χ0v) is 13.2. The number of rotatable bonds is 8. The van der Waals surface area contributed by atoms with Gasteiger partial charge in [0.05, 0.1) is 19.3 Å². The minimum absolute atomic E-state index is 0.403. The summed E-state index contributed by atoms with van der Waals surface area (Å²) in [4.78, 5) is 4.62. The molecule has 0 radical (unpaired) electrons. The van der Waals surface area contributed by atoms with Crippen LogP contribution in [0.1, 0.15) is 18.4 Å². The number of likely N-dealkylation sites (N-methyl/N-ethyl adjacent to an activating group) is 1. The number of hydrogen-bond acceptors (Lipinski definition) is 4. The van der Waals surface area contributed by atoms with E-state index in [9.17, 15) is 5.11 Å². The predicted octanol–water partition coefficient (Wildman–Crippen LogP) is 1.59. The zero-order valence-electron chi connectivity index (χ0n) is 13.2. The van der Waals surface area contributed by atoms with E-state index in [2.05, 4.69) is 23.9 Å². The van der Waals surface area contributed by atoms with Crippen molar-refractivity contribution in [2.75, 3.05) is 40.3 Å². The van der Waals surface area contributed by atoms with Crippen LogP contribution in [0, 0.1) is 0 Å². The van der Waals surface area contributed by atoms with Crippen molar-refractivity contribution in [1.29, 1.82) is 0 Å². The lowest BCUT2D eigenvalue weighted by molar-refractivity contribution is 0.00646. The van der Waals surface area contributed by atoms with Crippen LogP contribution < -0.4 is 0 Å². The molecule has 4 heteroatoms. The third-order valence-electron chi connectivity index (χ3n) is 3.94. The molecule has 1 aromatic rings. The summed E-state index contributed by atoms with van der Waals surface area (Å²) in [5.74, 6) is 0. The highest BCUT2D eigenvalue weighted by Crippen LogP contribution is 2.18. The Morgan fingerprint density at radius 2 is 2.10 bits per heavy atom. The maximum Gasteiger partial charge on any atom is 0.0900 e. The first-order valence-electron chi connectivity index (χ1n) is 7.83. The summed E-state index contributed by atoms with van der Waals surface area (Å²) in [6.07, 6.45) is 2.06. The molecule has 0 spiro atoms. The molecule has 2 atom stereocenters. The molecule has 1 aliphatic heterocycles. The number of benzene rings is 1. The molecule has 2 unspecified atom stereocenters. The van der Waals surface area contributed by atoms with E-state index < -0.39 is 6.10 Å². The topological polar surface area (TPSA) is 35.9 Å². The number of aliphatic hydroxyl groups is 1. The Balaban J connectivity index is 1.68. The Morgan fingerprint density at radius 3 is 2.81 bits per heavy atom. The summed E-state index contributed by atoms with van der Waals surface area (Å²) in [6.45, 7) is 3.85. The van der Waals surface area contributed by atoms with Crippen LogP contribution >= 0.6 is 0 Å². The molecule has 1 heterocycles. The molecule has 1 N–H and O–H groups in total. The van der Waals surface area contributed by atoms with Gasteiger partial charge in [-0.05, 0) is 39.0 Å². The lowest BCUT2D eigenvalue weighted by atomic mass is 10.2. The minimum Gasteiger partial charge on any atom is -0.389 e. The number of nitrogens with zero attached hydrogens (tertiary/aromatic N) is 2. The Kier molecular flexibility index (Phi) is 6.64. The van der Waals surface area contributed by atoms with Crippen LogP contribution in [-0.4, -0.2) is 67.4 Å². The monoisotopic (exact) mass is 292 g/mol. The van der Waals surface area contributed by atoms with Crippen molar-refractivity contribution in [3.05, 3.63) is 35.9 Å². The van der Waals surface area contributed by atoms with E-state index >= 15 is 0 Å². The van der Waals surface area contributed by atoms with E-state index in [0.29, 0.717) is 25.8 Å². The Morgan fingerprint density at radius 1 is 1.33 bits per heavy atom. The largest absolute Gasteiger partial charge is 0.389 e. The average molecular weight is 292 g/mol. The molecule has 0 saturated carbocycles. The van der Waals surface area contributed by atoms with Gasteiger partial charge < -0.3 is 14.7 Å². The fraction of sp³-hybridized carbons (Fsp3) is 0.647. The summed E-state index contributed by atoms with van der Waals surface area (Å²) in [7, 11) is 4.21. The molecule has 0 aliphatic carbocycles. The number of hydrogen-bond donors (Lipinski definition) is 1. The van der Waals surface area contributed by atoms with Crippen LogP contribution in [0.5, 0.6) is 0 Å². The van der Waals surface area contributed by atoms with Gasteiger partial charge in [-0.15, -0.1) is 0 Å². The number of aliphatic hydroxyl groups excluding tert-OH is 1.